The highest BCUT2D eigenvalue weighted by Gasteiger charge is 2.06. The van der Waals surface area contributed by atoms with E-state index in [9.17, 15) is 0 Å². The van der Waals surface area contributed by atoms with Crippen molar-refractivity contribution in [2.24, 2.45) is 0 Å². The first-order chi connectivity index (χ1) is 9.75. The Labute approximate surface area is 119 Å². The third-order valence-electron chi connectivity index (χ3n) is 2.69. The van der Waals surface area contributed by atoms with Crippen molar-refractivity contribution in [2.75, 3.05) is 19.0 Å². The number of hydrogen-bond donors (Lipinski definition) is 1. The predicted molar refractivity (Wildman–Crippen MR) is 78.6 cm³/mol. The van der Waals surface area contributed by atoms with Crippen LogP contribution in [0.3, 0.4) is 0 Å². The van der Waals surface area contributed by atoms with E-state index in [0.717, 1.165) is 30.4 Å². The molecule has 106 valence electrons. The predicted octanol–water partition coefficient (Wildman–Crippen LogP) is 3.27. The van der Waals surface area contributed by atoms with Crippen LogP contribution in [0.4, 0.5) is 5.82 Å². The molecule has 0 spiro atoms. The van der Waals surface area contributed by atoms with Crippen molar-refractivity contribution in [2.45, 2.75) is 20.3 Å². The van der Waals surface area contributed by atoms with Crippen LogP contribution in [0.25, 0.3) is 0 Å². The number of methoxy groups -OCH3 is 1. The van der Waals surface area contributed by atoms with Gasteiger partial charge in [-0.15, -0.1) is 0 Å². The van der Waals surface area contributed by atoms with E-state index in [0.29, 0.717) is 11.6 Å². The number of rotatable bonds is 6. The first kappa shape index (κ1) is 14.1. The second-order valence-electron chi connectivity index (χ2n) is 4.17. The normalized spacial score (nSPS) is 10.2. The maximum absolute atomic E-state index is 5.78. The third kappa shape index (κ3) is 3.60. The van der Waals surface area contributed by atoms with Gasteiger partial charge in [-0.1, -0.05) is 13.0 Å². The highest BCUT2D eigenvalue weighted by atomic mass is 16.5. The summed E-state index contributed by atoms with van der Waals surface area (Å²) in [4.78, 5) is 8.76. The Bertz CT molecular complexity index is 573. The van der Waals surface area contributed by atoms with E-state index in [-0.39, 0.29) is 0 Å². The average molecular weight is 273 g/mol. The van der Waals surface area contributed by atoms with Gasteiger partial charge in [0.15, 0.2) is 0 Å². The Kier molecular flexibility index (Phi) is 4.76. The monoisotopic (exact) mass is 273 g/mol. The van der Waals surface area contributed by atoms with Gasteiger partial charge in [-0.05, 0) is 19.1 Å². The van der Waals surface area contributed by atoms with Gasteiger partial charge in [-0.2, -0.15) is 4.98 Å². The summed E-state index contributed by atoms with van der Waals surface area (Å²) in [5, 5.41) is 3.18. The Morgan fingerprint density at radius 1 is 1.10 bits per heavy atom. The number of nitrogens with zero attached hydrogens (tertiary/aromatic N) is 2. The van der Waals surface area contributed by atoms with Crippen LogP contribution in [0.5, 0.6) is 17.4 Å². The standard InChI is InChI=1S/C15H19N3O2/c1-4-13-17-14(16-5-2)10-15(18-13)20-12-8-6-7-11(9-12)19-3/h6-10H,4-5H2,1-3H3,(H,16,17,18). The molecule has 0 atom stereocenters. The molecule has 1 aromatic carbocycles. The topological polar surface area (TPSA) is 56.3 Å². The van der Waals surface area contributed by atoms with Gasteiger partial charge in [0.25, 0.3) is 0 Å². The molecule has 1 heterocycles. The van der Waals surface area contributed by atoms with E-state index in [1.807, 2.05) is 38.1 Å². The van der Waals surface area contributed by atoms with Crippen LogP contribution in [-0.4, -0.2) is 23.6 Å². The summed E-state index contributed by atoms with van der Waals surface area (Å²) in [6, 6.07) is 9.22. The molecule has 0 aliphatic heterocycles. The van der Waals surface area contributed by atoms with E-state index >= 15 is 0 Å². The van der Waals surface area contributed by atoms with Gasteiger partial charge in [0.1, 0.15) is 23.1 Å². The van der Waals surface area contributed by atoms with Crippen molar-refractivity contribution in [1.29, 1.82) is 0 Å². The fourth-order valence-electron chi connectivity index (χ4n) is 1.74. The van der Waals surface area contributed by atoms with Crippen LogP contribution in [0.2, 0.25) is 0 Å². The Hall–Kier alpha value is -2.30. The van der Waals surface area contributed by atoms with Crippen molar-refractivity contribution in [1.82, 2.24) is 9.97 Å². The Morgan fingerprint density at radius 3 is 2.60 bits per heavy atom. The summed E-state index contributed by atoms with van der Waals surface area (Å²) in [7, 11) is 1.63. The van der Waals surface area contributed by atoms with Gasteiger partial charge in [0.2, 0.25) is 5.88 Å². The fourth-order valence-corrected chi connectivity index (χ4v) is 1.74. The second kappa shape index (κ2) is 6.75. The smallest absolute Gasteiger partial charge is 0.224 e. The number of aromatic nitrogens is 2. The van der Waals surface area contributed by atoms with E-state index in [1.165, 1.54) is 0 Å². The lowest BCUT2D eigenvalue weighted by molar-refractivity contribution is 0.407. The van der Waals surface area contributed by atoms with E-state index < -0.39 is 0 Å². The van der Waals surface area contributed by atoms with E-state index in [4.69, 9.17) is 9.47 Å². The summed E-state index contributed by atoms with van der Waals surface area (Å²) >= 11 is 0. The summed E-state index contributed by atoms with van der Waals surface area (Å²) in [6.07, 6.45) is 0.758. The molecule has 0 fully saturated rings. The zero-order chi connectivity index (χ0) is 14.4. The summed E-state index contributed by atoms with van der Waals surface area (Å²) in [5.41, 5.74) is 0. The minimum absolute atomic E-state index is 0.529. The van der Waals surface area contributed by atoms with E-state index in [1.54, 1.807) is 13.2 Å². The van der Waals surface area contributed by atoms with Crippen LogP contribution in [0, 0.1) is 0 Å². The molecule has 0 radical (unpaired) electrons. The number of benzene rings is 1. The largest absolute Gasteiger partial charge is 0.497 e. The highest BCUT2D eigenvalue weighted by molar-refractivity contribution is 5.41. The minimum Gasteiger partial charge on any atom is -0.497 e. The number of nitrogens with one attached hydrogen (secondary N) is 1. The third-order valence-corrected chi connectivity index (χ3v) is 2.69. The second-order valence-corrected chi connectivity index (χ2v) is 4.17. The SMILES string of the molecule is CCNc1cc(Oc2cccc(OC)c2)nc(CC)n1. The van der Waals surface area contributed by atoms with Crippen molar-refractivity contribution in [3.05, 3.63) is 36.2 Å². The minimum atomic E-state index is 0.529. The Balaban J connectivity index is 2.24. The first-order valence-electron chi connectivity index (χ1n) is 6.69. The molecule has 2 rings (SSSR count). The molecular formula is C15H19N3O2. The van der Waals surface area contributed by atoms with Gasteiger partial charge in [-0.25, -0.2) is 4.98 Å². The summed E-state index contributed by atoms with van der Waals surface area (Å²) in [6.45, 7) is 4.84. The molecule has 0 amide bonds. The quantitative estimate of drug-likeness (QED) is 0.875. The zero-order valence-electron chi connectivity index (χ0n) is 12.0. The molecule has 0 saturated carbocycles. The van der Waals surface area contributed by atoms with Crippen molar-refractivity contribution < 1.29 is 9.47 Å². The molecule has 0 bridgehead atoms. The van der Waals surface area contributed by atoms with Crippen molar-refractivity contribution >= 4 is 5.82 Å². The highest BCUT2D eigenvalue weighted by Crippen LogP contribution is 2.25. The molecule has 1 N–H and O–H groups in total. The van der Waals surface area contributed by atoms with Crippen LogP contribution in [-0.2, 0) is 6.42 Å². The molecule has 0 unspecified atom stereocenters. The van der Waals surface area contributed by atoms with Gasteiger partial charge < -0.3 is 14.8 Å². The maximum atomic E-state index is 5.78. The lowest BCUT2D eigenvalue weighted by Crippen LogP contribution is -2.04. The summed E-state index contributed by atoms with van der Waals surface area (Å²) in [5.74, 6) is 3.49. The molecule has 20 heavy (non-hydrogen) atoms. The number of anilines is 1. The van der Waals surface area contributed by atoms with Crippen LogP contribution in [0.1, 0.15) is 19.7 Å². The first-order valence-corrected chi connectivity index (χ1v) is 6.69. The van der Waals surface area contributed by atoms with Crippen LogP contribution < -0.4 is 14.8 Å². The Morgan fingerprint density at radius 2 is 1.90 bits per heavy atom. The van der Waals surface area contributed by atoms with Crippen LogP contribution in [0.15, 0.2) is 30.3 Å². The maximum Gasteiger partial charge on any atom is 0.224 e. The van der Waals surface area contributed by atoms with Gasteiger partial charge >= 0.3 is 0 Å². The molecule has 2 aromatic rings. The number of aryl methyl sites for hydroxylation is 1. The lowest BCUT2D eigenvalue weighted by atomic mass is 10.3. The van der Waals surface area contributed by atoms with E-state index in [2.05, 4.69) is 15.3 Å². The molecular weight excluding hydrogens is 254 g/mol. The molecule has 0 saturated heterocycles. The fraction of sp³-hybridized carbons (Fsp3) is 0.333. The molecule has 5 heteroatoms. The zero-order valence-corrected chi connectivity index (χ0v) is 12.0. The number of ether oxygens (including phenoxy) is 2. The average Bonchev–Trinajstić information content (AvgIpc) is 2.47. The van der Waals surface area contributed by atoms with Gasteiger partial charge in [0.05, 0.1) is 7.11 Å². The van der Waals surface area contributed by atoms with Crippen molar-refractivity contribution in [3.8, 4) is 17.4 Å². The molecule has 0 aliphatic carbocycles. The summed E-state index contributed by atoms with van der Waals surface area (Å²) < 4.78 is 11.0. The number of hydrogen-bond acceptors (Lipinski definition) is 5. The van der Waals surface area contributed by atoms with Gasteiger partial charge in [-0.3, -0.25) is 0 Å². The molecule has 1 aromatic heterocycles. The lowest BCUT2D eigenvalue weighted by Gasteiger charge is -2.10. The van der Waals surface area contributed by atoms with Crippen LogP contribution >= 0.6 is 0 Å². The van der Waals surface area contributed by atoms with Gasteiger partial charge in [0, 0.05) is 25.1 Å². The molecule has 5 nitrogen and oxygen atoms in total. The molecule has 0 aliphatic rings. The van der Waals surface area contributed by atoms with Crippen molar-refractivity contribution in [3.63, 3.8) is 0 Å².